The predicted octanol–water partition coefficient (Wildman–Crippen LogP) is 1.91. The van der Waals surface area contributed by atoms with E-state index in [-0.39, 0.29) is 17.5 Å². The number of piperidine rings is 1. The third kappa shape index (κ3) is 3.11. The molecular formula is C12H16FN3O3. The van der Waals surface area contributed by atoms with Gasteiger partial charge in [0.1, 0.15) is 5.69 Å². The van der Waals surface area contributed by atoms with Crippen LogP contribution in [0, 0.1) is 15.9 Å². The molecule has 0 bridgehead atoms. The number of nitro benzene ring substituents is 1. The van der Waals surface area contributed by atoms with Crippen LogP contribution in [0.4, 0.5) is 15.8 Å². The Bertz CT molecular complexity index is 476. The normalized spacial score (nSPS) is 16.1. The van der Waals surface area contributed by atoms with Crippen LogP contribution >= 0.6 is 0 Å². The summed E-state index contributed by atoms with van der Waals surface area (Å²) >= 11 is 0. The molecule has 0 radical (unpaired) electrons. The number of nitrogens with one attached hydrogen (secondary N) is 2. The van der Waals surface area contributed by atoms with Gasteiger partial charge in [-0.3, -0.25) is 10.1 Å². The van der Waals surface area contributed by atoms with Gasteiger partial charge < -0.3 is 15.4 Å². The number of anilines is 1. The van der Waals surface area contributed by atoms with Crippen LogP contribution in [-0.4, -0.2) is 31.2 Å². The highest BCUT2D eigenvalue weighted by molar-refractivity contribution is 5.65. The summed E-state index contributed by atoms with van der Waals surface area (Å²) in [7, 11) is 1.33. The minimum absolute atomic E-state index is 0.00188. The lowest BCUT2D eigenvalue weighted by molar-refractivity contribution is -0.384. The third-order valence-electron chi connectivity index (χ3n) is 3.17. The molecule has 2 N–H and O–H groups in total. The summed E-state index contributed by atoms with van der Waals surface area (Å²) in [6, 6.07) is 2.38. The van der Waals surface area contributed by atoms with Crippen LogP contribution in [0.3, 0.4) is 0 Å². The standard InChI is InChI=1S/C12H16FN3O3/c1-19-12-7-10(11(16(17)18)6-9(12)13)15-8-2-4-14-5-3-8/h6-8,14-15H,2-5H2,1H3. The fourth-order valence-corrected chi connectivity index (χ4v) is 2.15. The molecule has 1 aromatic rings. The first-order valence-electron chi connectivity index (χ1n) is 6.11. The van der Waals surface area contributed by atoms with Crippen LogP contribution in [0.5, 0.6) is 5.75 Å². The fourth-order valence-electron chi connectivity index (χ4n) is 2.15. The molecule has 7 heteroatoms. The van der Waals surface area contributed by atoms with E-state index in [1.165, 1.54) is 13.2 Å². The van der Waals surface area contributed by atoms with E-state index >= 15 is 0 Å². The van der Waals surface area contributed by atoms with Crippen LogP contribution in [-0.2, 0) is 0 Å². The average molecular weight is 269 g/mol. The molecule has 2 rings (SSSR count). The maximum atomic E-state index is 13.5. The lowest BCUT2D eigenvalue weighted by Crippen LogP contribution is -2.35. The topological polar surface area (TPSA) is 76.4 Å². The molecule has 0 aromatic heterocycles. The quantitative estimate of drug-likeness (QED) is 0.645. The maximum Gasteiger partial charge on any atom is 0.295 e. The predicted molar refractivity (Wildman–Crippen MR) is 69.1 cm³/mol. The Morgan fingerprint density at radius 1 is 1.47 bits per heavy atom. The van der Waals surface area contributed by atoms with Gasteiger partial charge in [0.05, 0.1) is 18.1 Å². The zero-order chi connectivity index (χ0) is 13.8. The van der Waals surface area contributed by atoms with E-state index in [2.05, 4.69) is 10.6 Å². The zero-order valence-electron chi connectivity index (χ0n) is 10.6. The monoisotopic (exact) mass is 269 g/mol. The lowest BCUT2D eigenvalue weighted by atomic mass is 10.1. The van der Waals surface area contributed by atoms with Crippen LogP contribution in [0.15, 0.2) is 12.1 Å². The lowest BCUT2D eigenvalue weighted by Gasteiger charge is -2.24. The first kappa shape index (κ1) is 13.5. The molecular weight excluding hydrogens is 253 g/mol. The summed E-state index contributed by atoms with van der Waals surface area (Å²) in [4.78, 5) is 10.4. The Morgan fingerprint density at radius 2 is 2.16 bits per heavy atom. The van der Waals surface area contributed by atoms with Gasteiger partial charge in [-0.05, 0) is 25.9 Å². The van der Waals surface area contributed by atoms with Gasteiger partial charge in [0, 0.05) is 12.1 Å². The van der Waals surface area contributed by atoms with Crippen molar-refractivity contribution in [1.29, 1.82) is 0 Å². The Labute approximate surface area is 110 Å². The van der Waals surface area contributed by atoms with Crippen molar-refractivity contribution in [3.63, 3.8) is 0 Å². The second kappa shape index (κ2) is 5.83. The number of rotatable bonds is 4. The van der Waals surface area contributed by atoms with Crippen molar-refractivity contribution in [2.75, 3.05) is 25.5 Å². The summed E-state index contributed by atoms with van der Waals surface area (Å²) in [6.45, 7) is 1.73. The van der Waals surface area contributed by atoms with Crippen molar-refractivity contribution in [2.45, 2.75) is 18.9 Å². The van der Waals surface area contributed by atoms with Crippen molar-refractivity contribution in [3.05, 3.63) is 28.1 Å². The number of nitrogens with zero attached hydrogens (tertiary/aromatic N) is 1. The number of ether oxygens (including phenoxy) is 1. The van der Waals surface area contributed by atoms with Crippen molar-refractivity contribution < 1.29 is 14.1 Å². The number of nitro groups is 1. The molecule has 1 fully saturated rings. The number of benzene rings is 1. The van der Waals surface area contributed by atoms with Gasteiger partial charge in [0.25, 0.3) is 5.69 Å². The van der Waals surface area contributed by atoms with E-state index in [4.69, 9.17) is 4.74 Å². The molecule has 0 unspecified atom stereocenters. The van der Waals surface area contributed by atoms with Crippen LogP contribution < -0.4 is 15.4 Å². The van der Waals surface area contributed by atoms with Crippen molar-refractivity contribution in [3.8, 4) is 5.75 Å². The van der Waals surface area contributed by atoms with Gasteiger partial charge in [-0.1, -0.05) is 0 Å². The first-order chi connectivity index (χ1) is 9.11. The number of hydrogen-bond acceptors (Lipinski definition) is 5. The van der Waals surface area contributed by atoms with Crippen LogP contribution in [0.1, 0.15) is 12.8 Å². The summed E-state index contributed by atoms with van der Waals surface area (Å²) in [5.74, 6) is -0.730. The number of halogens is 1. The van der Waals surface area contributed by atoms with Crippen molar-refractivity contribution >= 4 is 11.4 Å². The highest BCUT2D eigenvalue weighted by atomic mass is 19.1. The van der Waals surface area contributed by atoms with E-state index < -0.39 is 10.7 Å². The Hall–Kier alpha value is -1.89. The minimum Gasteiger partial charge on any atom is -0.494 e. The van der Waals surface area contributed by atoms with Gasteiger partial charge in [0.2, 0.25) is 0 Å². The number of methoxy groups -OCH3 is 1. The van der Waals surface area contributed by atoms with E-state index in [1.54, 1.807) is 0 Å². The molecule has 19 heavy (non-hydrogen) atoms. The van der Waals surface area contributed by atoms with Gasteiger partial charge in [-0.25, -0.2) is 4.39 Å². The SMILES string of the molecule is COc1cc(NC2CCNCC2)c([N+](=O)[O-])cc1F. The molecule has 104 valence electrons. The van der Waals surface area contributed by atoms with Crippen molar-refractivity contribution in [2.24, 2.45) is 0 Å². The van der Waals surface area contributed by atoms with Gasteiger partial charge in [0.15, 0.2) is 11.6 Å². The molecule has 1 aromatic carbocycles. The Kier molecular flexibility index (Phi) is 4.16. The first-order valence-corrected chi connectivity index (χ1v) is 6.11. The van der Waals surface area contributed by atoms with Crippen molar-refractivity contribution in [1.82, 2.24) is 5.32 Å². The average Bonchev–Trinajstić information content (AvgIpc) is 2.41. The zero-order valence-corrected chi connectivity index (χ0v) is 10.6. The second-order valence-corrected chi connectivity index (χ2v) is 4.43. The van der Waals surface area contributed by atoms with Gasteiger partial charge in [-0.2, -0.15) is 0 Å². The Morgan fingerprint density at radius 3 is 2.74 bits per heavy atom. The minimum atomic E-state index is -0.731. The molecule has 0 spiro atoms. The molecule has 1 aliphatic rings. The molecule has 6 nitrogen and oxygen atoms in total. The Balaban J connectivity index is 2.27. The largest absolute Gasteiger partial charge is 0.494 e. The number of hydrogen-bond donors (Lipinski definition) is 2. The van der Waals surface area contributed by atoms with Crippen LogP contribution in [0.25, 0.3) is 0 Å². The molecule has 0 atom stereocenters. The summed E-state index contributed by atoms with van der Waals surface area (Å²) in [5, 5.41) is 17.3. The molecule has 1 aliphatic heterocycles. The molecule has 0 amide bonds. The second-order valence-electron chi connectivity index (χ2n) is 4.43. The summed E-state index contributed by atoms with van der Waals surface area (Å²) < 4.78 is 18.4. The van der Waals surface area contributed by atoms with Gasteiger partial charge in [-0.15, -0.1) is 0 Å². The van der Waals surface area contributed by atoms with Gasteiger partial charge >= 0.3 is 0 Å². The van der Waals surface area contributed by atoms with Crippen LogP contribution in [0.2, 0.25) is 0 Å². The smallest absolute Gasteiger partial charge is 0.295 e. The highest BCUT2D eigenvalue weighted by Gasteiger charge is 2.22. The van der Waals surface area contributed by atoms with E-state index in [0.717, 1.165) is 32.0 Å². The fraction of sp³-hybridized carbons (Fsp3) is 0.500. The highest BCUT2D eigenvalue weighted by Crippen LogP contribution is 2.32. The molecule has 1 heterocycles. The molecule has 1 saturated heterocycles. The van der Waals surface area contributed by atoms with E-state index in [1.807, 2.05) is 0 Å². The summed E-state index contributed by atoms with van der Waals surface area (Å²) in [5.41, 5.74) is 0.0342. The maximum absolute atomic E-state index is 13.5. The third-order valence-corrected chi connectivity index (χ3v) is 3.17. The molecule has 0 aliphatic carbocycles. The van der Waals surface area contributed by atoms with E-state index in [0.29, 0.717) is 5.69 Å². The van der Waals surface area contributed by atoms with E-state index in [9.17, 15) is 14.5 Å². The summed E-state index contributed by atoms with van der Waals surface area (Å²) in [6.07, 6.45) is 1.74. The molecule has 0 saturated carbocycles.